The van der Waals surface area contributed by atoms with E-state index in [4.69, 9.17) is 0 Å². The summed E-state index contributed by atoms with van der Waals surface area (Å²) < 4.78 is 0. The lowest BCUT2D eigenvalue weighted by Gasteiger charge is -2.42. The molecule has 0 aromatic carbocycles. The summed E-state index contributed by atoms with van der Waals surface area (Å²) in [4.78, 5) is 5.16. The van der Waals surface area contributed by atoms with Crippen LogP contribution in [0, 0.1) is 0 Å². The van der Waals surface area contributed by atoms with E-state index in [2.05, 4.69) is 56.8 Å². The van der Waals surface area contributed by atoms with Gasteiger partial charge in [0.25, 0.3) is 0 Å². The van der Waals surface area contributed by atoms with Crippen molar-refractivity contribution in [3.63, 3.8) is 0 Å². The maximum Gasteiger partial charge on any atom is 0.0195 e. The van der Waals surface area contributed by atoms with Gasteiger partial charge in [-0.1, -0.05) is 12.8 Å². The van der Waals surface area contributed by atoms with E-state index < -0.39 is 0 Å². The zero-order valence-electron chi connectivity index (χ0n) is 14.7. The van der Waals surface area contributed by atoms with Crippen LogP contribution in [0.2, 0.25) is 0 Å². The molecule has 1 aliphatic rings. The first-order valence-corrected chi connectivity index (χ1v) is 8.49. The van der Waals surface area contributed by atoms with Crippen molar-refractivity contribution < 1.29 is 0 Å². The van der Waals surface area contributed by atoms with Gasteiger partial charge in [0.15, 0.2) is 0 Å². The SMILES string of the molecule is CC1CN(CCCCCCNC(C)(C)C)CC(C)N1C. The van der Waals surface area contributed by atoms with E-state index in [-0.39, 0.29) is 5.54 Å². The van der Waals surface area contributed by atoms with Crippen LogP contribution in [0.25, 0.3) is 0 Å². The van der Waals surface area contributed by atoms with E-state index in [0.29, 0.717) is 12.1 Å². The highest BCUT2D eigenvalue weighted by Crippen LogP contribution is 2.14. The van der Waals surface area contributed by atoms with E-state index in [1.54, 1.807) is 0 Å². The van der Waals surface area contributed by atoms with E-state index >= 15 is 0 Å². The van der Waals surface area contributed by atoms with Gasteiger partial charge in [-0.25, -0.2) is 0 Å². The van der Waals surface area contributed by atoms with E-state index in [1.807, 2.05) is 0 Å². The number of hydrogen-bond acceptors (Lipinski definition) is 3. The number of rotatable bonds is 7. The second-order valence-corrected chi connectivity index (χ2v) is 7.71. The molecule has 2 atom stereocenters. The van der Waals surface area contributed by atoms with Crippen molar-refractivity contribution in [3.05, 3.63) is 0 Å². The standard InChI is InChI=1S/C17H37N3/c1-15-13-20(14-16(2)19(15)6)12-10-8-7-9-11-18-17(3,4)5/h15-16,18H,7-14H2,1-6H3. The first kappa shape index (κ1) is 17.9. The van der Waals surface area contributed by atoms with Crippen molar-refractivity contribution in [1.82, 2.24) is 15.1 Å². The molecule has 1 N–H and O–H groups in total. The molecule has 2 unspecified atom stereocenters. The Hall–Kier alpha value is -0.120. The van der Waals surface area contributed by atoms with Crippen LogP contribution in [-0.2, 0) is 0 Å². The number of nitrogens with zero attached hydrogens (tertiary/aromatic N) is 2. The molecule has 1 saturated heterocycles. The quantitative estimate of drug-likeness (QED) is 0.725. The van der Waals surface area contributed by atoms with Crippen molar-refractivity contribution in [2.24, 2.45) is 0 Å². The molecule has 0 amide bonds. The fraction of sp³-hybridized carbons (Fsp3) is 1.00. The Morgan fingerprint density at radius 1 is 0.950 bits per heavy atom. The minimum atomic E-state index is 0.270. The second-order valence-electron chi connectivity index (χ2n) is 7.71. The Morgan fingerprint density at radius 2 is 1.50 bits per heavy atom. The lowest BCUT2D eigenvalue weighted by Crippen LogP contribution is -2.54. The molecule has 3 nitrogen and oxygen atoms in total. The van der Waals surface area contributed by atoms with Crippen LogP contribution >= 0.6 is 0 Å². The Balaban J connectivity index is 2.02. The van der Waals surface area contributed by atoms with Gasteiger partial charge < -0.3 is 10.2 Å². The van der Waals surface area contributed by atoms with Crippen LogP contribution in [0.4, 0.5) is 0 Å². The highest BCUT2D eigenvalue weighted by atomic mass is 15.3. The van der Waals surface area contributed by atoms with Crippen molar-refractivity contribution in [2.75, 3.05) is 33.2 Å². The largest absolute Gasteiger partial charge is 0.312 e. The molecular formula is C17H37N3. The molecule has 0 aromatic rings. The smallest absolute Gasteiger partial charge is 0.0195 e. The molecule has 120 valence electrons. The highest BCUT2D eigenvalue weighted by Gasteiger charge is 2.25. The predicted molar refractivity (Wildman–Crippen MR) is 89.4 cm³/mol. The molecule has 0 aromatic heterocycles. The fourth-order valence-electron chi connectivity index (χ4n) is 2.97. The molecule has 1 rings (SSSR count). The third-order valence-electron chi connectivity index (χ3n) is 4.49. The van der Waals surface area contributed by atoms with Crippen molar-refractivity contribution in [3.8, 4) is 0 Å². The summed E-state index contributed by atoms with van der Waals surface area (Å²) in [6, 6.07) is 1.41. The van der Waals surface area contributed by atoms with Crippen LogP contribution in [0.15, 0.2) is 0 Å². The Kier molecular flexibility index (Phi) is 7.49. The molecule has 3 heteroatoms. The average molecular weight is 284 g/mol. The first-order valence-electron chi connectivity index (χ1n) is 8.49. The topological polar surface area (TPSA) is 18.5 Å². The first-order chi connectivity index (χ1) is 9.29. The minimum Gasteiger partial charge on any atom is -0.312 e. The van der Waals surface area contributed by atoms with Crippen LogP contribution < -0.4 is 5.32 Å². The van der Waals surface area contributed by atoms with Gasteiger partial charge >= 0.3 is 0 Å². The summed E-state index contributed by atoms with van der Waals surface area (Å²) in [5.74, 6) is 0. The van der Waals surface area contributed by atoms with Gasteiger partial charge in [0.1, 0.15) is 0 Å². The van der Waals surface area contributed by atoms with Gasteiger partial charge in [-0.2, -0.15) is 0 Å². The predicted octanol–water partition coefficient (Wildman–Crippen LogP) is 2.96. The molecule has 1 aliphatic heterocycles. The second kappa shape index (κ2) is 8.35. The monoisotopic (exact) mass is 283 g/mol. The molecule has 1 heterocycles. The summed E-state index contributed by atoms with van der Waals surface area (Å²) in [6.07, 6.45) is 5.41. The Morgan fingerprint density at radius 3 is 2.05 bits per heavy atom. The fourth-order valence-corrected chi connectivity index (χ4v) is 2.97. The van der Waals surface area contributed by atoms with Gasteiger partial charge in [-0.15, -0.1) is 0 Å². The third-order valence-corrected chi connectivity index (χ3v) is 4.49. The van der Waals surface area contributed by atoms with Crippen LogP contribution in [0.3, 0.4) is 0 Å². The molecule has 20 heavy (non-hydrogen) atoms. The lowest BCUT2D eigenvalue weighted by atomic mass is 10.1. The van der Waals surface area contributed by atoms with Crippen LogP contribution in [-0.4, -0.2) is 60.6 Å². The minimum absolute atomic E-state index is 0.270. The van der Waals surface area contributed by atoms with E-state index in [9.17, 15) is 0 Å². The van der Waals surface area contributed by atoms with Gasteiger partial charge in [-0.05, 0) is 67.6 Å². The van der Waals surface area contributed by atoms with E-state index in [0.717, 1.165) is 6.54 Å². The van der Waals surface area contributed by atoms with Crippen molar-refractivity contribution >= 4 is 0 Å². The van der Waals surface area contributed by atoms with Gasteiger partial charge in [0, 0.05) is 30.7 Å². The number of likely N-dealkylation sites (N-methyl/N-ethyl adjacent to an activating group) is 1. The zero-order valence-corrected chi connectivity index (χ0v) is 14.7. The molecule has 1 fully saturated rings. The maximum atomic E-state index is 3.56. The summed E-state index contributed by atoms with van der Waals surface area (Å²) >= 11 is 0. The summed E-state index contributed by atoms with van der Waals surface area (Å²) in [5, 5.41) is 3.56. The third kappa shape index (κ3) is 7.05. The molecular weight excluding hydrogens is 246 g/mol. The Labute approximate surface area is 127 Å². The highest BCUT2D eigenvalue weighted by molar-refractivity contribution is 4.82. The zero-order chi connectivity index (χ0) is 15.2. The maximum absolute atomic E-state index is 3.56. The number of unbranched alkanes of at least 4 members (excludes halogenated alkanes) is 3. The van der Waals surface area contributed by atoms with Gasteiger partial charge in [0.05, 0.1) is 0 Å². The van der Waals surface area contributed by atoms with E-state index in [1.165, 1.54) is 45.3 Å². The molecule has 0 aliphatic carbocycles. The molecule has 0 saturated carbocycles. The van der Waals surface area contributed by atoms with Gasteiger partial charge in [0.2, 0.25) is 0 Å². The van der Waals surface area contributed by atoms with Crippen LogP contribution in [0.1, 0.15) is 60.3 Å². The normalized spacial score (nSPS) is 26.1. The lowest BCUT2D eigenvalue weighted by molar-refractivity contribution is 0.0591. The summed E-state index contributed by atoms with van der Waals surface area (Å²) in [6.45, 7) is 16.3. The van der Waals surface area contributed by atoms with Crippen molar-refractivity contribution in [1.29, 1.82) is 0 Å². The Bertz CT molecular complexity index is 247. The summed E-state index contributed by atoms with van der Waals surface area (Å²) in [7, 11) is 2.26. The summed E-state index contributed by atoms with van der Waals surface area (Å²) in [5.41, 5.74) is 0.270. The van der Waals surface area contributed by atoms with Gasteiger partial charge in [-0.3, -0.25) is 4.90 Å². The van der Waals surface area contributed by atoms with Crippen molar-refractivity contribution in [2.45, 2.75) is 77.9 Å². The number of piperazine rings is 1. The molecule has 0 bridgehead atoms. The molecule has 0 radical (unpaired) electrons. The average Bonchev–Trinajstić information content (AvgIpc) is 2.33. The number of nitrogens with one attached hydrogen (secondary N) is 1. The van der Waals surface area contributed by atoms with Crippen LogP contribution in [0.5, 0.6) is 0 Å². The number of hydrogen-bond donors (Lipinski definition) is 1. The molecule has 0 spiro atoms.